The van der Waals surface area contributed by atoms with E-state index >= 15 is 0 Å². The van der Waals surface area contributed by atoms with Gasteiger partial charge >= 0.3 is 0 Å². The van der Waals surface area contributed by atoms with Crippen LogP contribution in [0.5, 0.6) is 0 Å². The quantitative estimate of drug-likeness (QED) is 0.771. The van der Waals surface area contributed by atoms with Crippen LogP contribution in [-0.4, -0.2) is 26.3 Å². The fourth-order valence-electron chi connectivity index (χ4n) is 1.41. The van der Waals surface area contributed by atoms with Crippen LogP contribution < -0.4 is 5.32 Å². The van der Waals surface area contributed by atoms with Gasteiger partial charge in [-0.3, -0.25) is 4.68 Å². The van der Waals surface area contributed by atoms with Crippen molar-refractivity contribution in [1.82, 2.24) is 19.7 Å². The smallest absolute Gasteiger partial charge is 0.222 e. The fraction of sp³-hybridized carbons (Fsp3) is 0.364. The van der Waals surface area contributed by atoms with Crippen molar-refractivity contribution in [2.24, 2.45) is 0 Å². The van der Waals surface area contributed by atoms with Crippen LogP contribution >= 0.6 is 0 Å². The second-order valence-electron chi connectivity index (χ2n) is 3.57. The van der Waals surface area contributed by atoms with E-state index in [1.54, 1.807) is 12.4 Å². The molecule has 2 heterocycles. The van der Waals surface area contributed by atoms with Crippen molar-refractivity contribution in [2.75, 3.05) is 11.9 Å². The van der Waals surface area contributed by atoms with E-state index in [4.69, 9.17) is 0 Å². The molecular formula is C11H15N5. The molecule has 0 aliphatic rings. The molecule has 5 heteroatoms. The number of hydrogen-bond donors (Lipinski definition) is 1. The zero-order valence-corrected chi connectivity index (χ0v) is 9.30. The van der Waals surface area contributed by atoms with Crippen molar-refractivity contribution in [3.8, 4) is 0 Å². The number of nitrogens with one attached hydrogen (secondary N) is 1. The van der Waals surface area contributed by atoms with Gasteiger partial charge in [-0.1, -0.05) is 0 Å². The molecule has 0 unspecified atom stereocenters. The maximum absolute atomic E-state index is 4.26. The predicted molar refractivity (Wildman–Crippen MR) is 62.1 cm³/mol. The van der Waals surface area contributed by atoms with E-state index in [1.807, 2.05) is 29.9 Å². The van der Waals surface area contributed by atoms with Crippen LogP contribution in [0, 0.1) is 6.92 Å². The SMILES string of the molecule is Cc1ccnc(NCCCn2cccn2)n1. The number of aryl methyl sites for hydroxylation is 2. The summed E-state index contributed by atoms with van der Waals surface area (Å²) in [4.78, 5) is 8.39. The molecule has 0 atom stereocenters. The van der Waals surface area contributed by atoms with Crippen molar-refractivity contribution >= 4 is 5.95 Å². The maximum atomic E-state index is 4.26. The summed E-state index contributed by atoms with van der Waals surface area (Å²) in [6.45, 7) is 3.71. The lowest BCUT2D eigenvalue weighted by atomic mass is 10.4. The highest BCUT2D eigenvalue weighted by molar-refractivity contribution is 5.24. The van der Waals surface area contributed by atoms with Crippen molar-refractivity contribution in [3.05, 3.63) is 36.4 Å². The van der Waals surface area contributed by atoms with E-state index in [0.717, 1.165) is 25.2 Å². The molecular weight excluding hydrogens is 202 g/mol. The molecule has 16 heavy (non-hydrogen) atoms. The van der Waals surface area contributed by atoms with Crippen molar-refractivity contribution in [2.45, 2.75) is 19.9 Å². The first-order valence-corrected chi connectivity index (χ1v) is 5.35. The summed E-state index contributed by atoms with van der Waals surface area (Å²) in [5.74, 6) is 0.695. The minimum absolute atomic E-state index is 0.695. The van der Waals surface area contributed by atoms with Gasteiger partial charge in [-0.15, -0.1) is 0 Å². The molecule has 1 N–H and O–H groups in total. The van der Waals surface area contributed by atoms with Crippen LogP contribution in [-0.2, 0) is 6.54 Å². The Morgan fingerprint density at radius 1 is 1.38 bits per heavy atom. The highest BCUT2D eigenvalue weighted by atomic mass is 15.3. The Balaban J connectivity index is 1.72. The monoisotopic (exact) mass is 217 g/mol. The van der Waals surface area contributed by atoms with E-state index in [1.165, 1.54) is 0 Å². The summed E-state index contributed by atoms with van der Waals surface area (Å²) in [5, 5.41) is 7.32. The Hall–Kier alpha value is -1.91. The lowest BCUT2D eigenvalue weighted by Gasteiger charge is -2.05. The van der Waals surface area contributed by atoms with Gasteiger partial charge in [0.05, 0.1) is 0 Å². The Bertz CT molecular complexity index is 424. The molecule has 2 aromatic rings. The lowest BCUT2D eigenvalue weighted by Crippen LogP contribution is -2.09. The summed E-state index contributed by atoms with van der Waals surface area (Å²) >= 11 is 0. The molecule has 2 aromatic heterocycles. The molecule has 5 nitrogen and oxygen atoms in total. The number of anilines is 1. The van der Waals surface area contributed by atoms with Crippen LogP contribution in [0.3, 0.4) is 0 Å². The first-order valence-electron chi connectivity index (χ1n) is 5.35. The molecule has 0 aliphatic heterocycles. The molecule has 2 rings (SSSR count). The standard InChI is InChI=1S/C11H15N5/c1-10-4-7-13-11(15-10)12-5-2-8-16-9-3-6-14-16/h3-4,6-7,9H,2,5,8H2,1H3,(H,12,13,15). The molecule has 84 valence electrons. The number of aromatic nitrogens is 4. The molecule has 0 saturated carbocycles. The summed E-state index contributed by atoms with van der Waals surface area (Å²) in [5.41, 5.74) is 0.976. The van der Waals surface area contributed by atoms with E-state index in [2.05, 4.69) is 20.4 Å². The Morgan fingerprint density at radius 3 is 3.06 bits per heavy atom. The molecule has 0 radical (unpaired) electrons. The Labute approximate surface area is 94.5 Å². The lowest BCUT2D eigenvalue weighted by molar-refractivity contribution is 0.591. The average Bonchev–Trinajstić information content (AvgIpc) is 2.77. The summed E-state index contributed by atoms with van der Waals surface area (Å²) in [7, 11) is 0. The molecule has 0 aliphatic carbocycles. The zero-order valence-electron chi connectivity index (χ0n) is 9.30. The third-order valence-corrected chi connectivity index (χ3v) is 2.20. The third kappa shape index (κ3) is 3.05. The van der Waals surface area contributed by atoms with Crippen LogP contribution in [0.15, 0.2) is 30.7 Å². The Kier molecular flexibility index (Phi) is 3.48. The van der Waals surface area contributed by atoms with Gasteiger partial charge in [0.2, 0.25) is 5.95 Å². The van der Waals surface area contributed by atoms with Gasteiger partial charge in [0, 0.05) is 37.4 Å². The van der Waals surface area contributed by atoms with E-state index in [0.29, 0.717) is 5.95 Å². The first kappa shape index (κ1) is 10.6. The summed E-state index contributed by atoms with van der Waals surface area (Å²) in [6, 6.07) is 3.81. The summed E-state index contributed by atoms with van der Waals surface area (Å²) in [6.07, 6.45) is 6.51. The van der Waals surface area contributed by atoms with Gasteiger partial charge in [0.25, 0.3) is 0 Å². The van der Waals surface area contributed by atoms with Crippen LogP contribution in [0.1, 0.15) is 12.1 Å². The van der Waals surface area contributed by atoms with Gasteiger partial charge in [-0.05, 0) is 25.5 Å². The number of nitrogens with zero attached hydrogens (tertiary/aromatic N) is 4. The highest BCUT2D eigenvalue weighted by Crippen LogP contribution is 1.99. The zero-order chi connectivity index (χ0) is 11.2. The summed E-state index contributed by atoms with van der Waals surface area (Å²) < 4.78 is 1.92. The second kappa shape index (κ2) is 5.25. The third-order valence-electron chi connectivity index (χ3n) is 2.20. The van der Waals surface area contributed by atoms with Crippen LogP contribution in [0.25, 0.3) is 0 Å². The van der Waals surface area contributed by atoms with Gasteiger partial charge < -0.3 is 5.32 Å². The predicted octanol–water partition coefficient (Wildman–Crippen LogP) is 1.48. The maximum Gasteiger partial charge on any atom is 0.222 e. The molecule has 0 aromatic carbocycles. The van der Waals surface area contributed by atoms with Gasteiger partial charge in [0.1, 0.15) is 0 Å². The second-order valence-corrected chi connectivity index (χ2v) is 3.57. The van der Waals surface area contributed by atoms with E-state index in [-0.39, 0.29) is 0 Å². The average molecular weight is 217 g/mol. The molecule has 0 bridgehead atoms. The molecule has 0 fully saturated rings. The minimum Gasteiger partial charge on any atom is -0.354 e. The fourth-order valence-corrected chi connectivity index (χ4v) is 1.41. The first-order chi connectivity index (χ1) is 7.84. The van der Waals surface area contributed by atoms with Crippen molar-refractivity contribution in [1.29, 1.82) is 0 Å². The van der Waals surface area contributed by atoms with Gasteiger partial charge in [-0.25, -0.2) is 9.97 Å². The van der Waals surface area contributed by atoms with Gasteiger partial charge in [-0.2, -0.15) is 5.10 Å². The molecule has 0 saturated heterocycles. The van der Waals surface area contributed by atoms with E-state index < -0.39 is 0 Å². The van der Waals surface area contributed by atoms with E-state index in [9.17, 15) is 0 Å². The van der Waals surface area contributed by atoms with Crippen LogP contribution in [0.4, 0.5) is 5.95 Å². The number of hydrogen-bond acceptors (Lipinski definition) is 4. The van der Waals surface area contributed by atoms with Crippen LogP contribution in [0.2, 0.25) is 0 Å². The highest BCUT2D eigenvalue weighted by Gasteiger charge is 1.95. The number of rotatable bonds is 5. The molecule has 0 spiro atoms. The van der Waals surface area contributed by atoms with Gasteiger partial charge in [0.15, 0.2) is 0 Å². The minimum atomic E-state index is 0.695. The van der Waals surface area contributed by atoms with Crippen molar-refractivity contribution < 1.29 is 0 Å². The topological polar surface area (TPSA) is 55.6 Å². The molecule has 0 amide bonds. The largest absolute Gasteiger partial charge is 0.354 e. The van der Waals surface area contributed by atoms with Crippen molar-refractivity contribution in [3.63, 3.8) is 0 Å². The Morgan fingerprint density at radius 2 is 2.31 bits per heavy atom. The normalized spacial score (nSPS) is 10.3.